The van der Waals surface area contributed by atoms with Crippen molar-refractivity contribution in [2.45, 2.75) is 39.0 Å². The summed E-state index contributed by atoms with van der Waals surface area (Å²) < 4.78 is 1.92. The van der Waals surface area contributed by atoms with Gasteiger partial charge < -0.3 is 5.32 Å². The van der Waals surface area contributed by atoms with Crippen LogP contribution in [0.3, 0.4) is 0 Å². The van der Waals surface area contributed by atoms with E-state index < -0.39 is 0 Å². The van der Waals surface area contributed by atoms with Gasteiger partial charge in [0, 0.05) is 18.9 Å². The smallest absolute Gasteiger partial charge is 0.152 e. The highest BCUT2D eigenvalue weighted by Crippen LogP contribution is 2.27. The molecule has 0 aliphatic heterocycles. The predicted molar refractivity (Wildman–Crippen MR) is 72.9 cm³/mol. The van der Waals surface area contributed by atoms with Crippen LogP contribution in [0.5, 0.6) is 0 Å². The molecule has 0 amide bonds. The van der Waals surface area contributed by atoms with Crippen molar-refractivity contribution in [2.24, 2.45) is 5.92 Å². The van der Waals surface area contributed by atoms with Crippen LogP contribution in [0.25, 0.3) is 5.52 Å². The van der Waals surface area contributed by atoms with Gasteiger partial charge in [0.05, 0.1) is 5.69 Å². The summed E-state index contributed by atoms with van der Waals surface area (Å²) in [7, 11) is 0. The van der Waals surface area contributed by atoms with Gasteiger partial charge in [0.15, 0.2) is 5.82 Å². The molecular formula is C14H20N4. The van der Waals surface area contributed by atoms with E-state index in [-0.39, 0.29) is 0 Å². The highest BCUT2D eigenvalue weighted by atomic mass is 15.2. The number of hydrogen-bond donors (Lipinski definition) is 1. The molecule has 3 rings (SSSR count). The molecule has 0 radical (unpaired) electrons. The van der Waals surface area contributed by atoms with E-state index in [0.717, 1.165) is 29.5 Å². The van der Waals surface area contributed by atoms with Gasteiger partial charge in [0.2, 0.25) is 0 Å². The van der Waals surface area contributed by atoms with Crippen LogP contribution >= 0.6 is 0 Å². The summed E-state index contributed by atoms with van der Waals surface area (Å²) in [6, 6.07) is 2.14. The second-order valence-corrected chi connectivity index (χ2v) is 5.51. The summed E-state index contributed by atoms with van der Waals surface area (Å²) in [5.74, 6) is 2.24. The number of anilines is 1. The van der Waals surface area contributed by atoms with Crippen LogP contribution < -0.4 is 5.32 Å². The van der Waals surface area contributed by atoms with Crippen molar-refractivity contribution in [1.82, 2.24) is 14.6 Å². The van der Waals surface area contributed by atoms with Gasteiger partial charge in [-0.15, -0.1) is 0 Å². The standard InChI is InChI=1S/C14H20N4/c1-10(2)12-8-13-14(15-6-7-18(13)17-12)16-9-11-4-3-5-11/h6-8,10-11H,3-5,9H2,1-2H3,(H,15,16). The topological polar surface area (TPSA) is 42.2 Å². The lowest BCUT2D eigenvalue weighted by molar-refractivity contribution is 0.333. The fraction of sp³-hybridized carbons (Fsp3) is 0.571. The average molecular weight is 244 g/mol. The Morgan fingerprint density at radius 2 is 2.28 bits per heavy atom. The number of rotatable bonds is 4. The van der Waals surface area contributed by atoms with Crippen molar-refractivity contribution in [3.8, 4) is 0 Å². The first-order valence-corrected chi connectivity index (χ1v) is 6.82. The molecule has 96 valence electrons. The minimum atomic E-state index is 0.449. The number of nitrogens with zero attached hydrogens (tertiary/aromatic N) is 3. The number of hydrogen-bond acceptors (Lipinski definition) is 3. The van der Waals surface area contributed by atoms with Gasteiger partial charge in [-0.3, -0.25) is 0 Å². The lowest BCUT2D eigenvalue weighted by Gasteiger charge is -2.25. The third-order valence-corrected chi connectivity index (χ3v) is 3.78. The van der Waals surface area contributed by atoms with Crippen molar-refractivity contribution in [3.05, 3.63) is 24.2 Å². The summed E-state index contributed by atoms with van der Waals surface area (Å²) in [4.78, 5) is 4.44. The van der Waals surface area contributed by atoms with E-state index in [2.05, 4.69) is 35.3 Å². The molecule has 1 aliphatic rings. The Morgan fingerprint density at radius 3 is 2.94 bits per heavy atom. The second kappa shape index (κ2) is 4.59. The highest BCUT2D eigenvalue weighted by molar-refractivity contribution is 5.67. The number of aromatic nitrogens is 3. The van der Waals surface area contributed by atoms with E-state index in [1.165, 1.54) is 19.3 Å². The Kier molecular flexibility index (Phi) is 2.94. The fourth-order valence-corrected chi connectivity index (χ4v) is 2.30. The minimum Gasteiger partial charge on any atom is -0.368 e. The zero-order chi connectivity index (χ0) is 12.5. The quantitative estimate of drug-likeness (QED) is 0.898. The Balaban J connectivity index is 1.85. The van der Waals surface area contributed by atoms with Crippen LogP contribution in [0.2, 0.25) is 0 Å². The SMILES string of the molecule is CC(C)c1cc2c(NCC3CCC3)nccn2n1. The summed E-state index contributed by atoms with van der Waals surface area (Å²) in [5.41, 5.74) is 2.20. The molecule has 0 bridgehead atoms. The Hall–Kier alpha value is -1.58. The molecule has 0 unspecified atom stereocenters. The van der Waals surface area contributed by atoms with Crippen LogP contribution in [0.15, 0.2) is 18.5 Å². The van der Waals surface area contributed by atoms with E-state index in [0.29, 0.717) is 5.92 Å². The van der Waals surface area contributed by atoms with E-state index in [4.69, 9.17) is 0 Å². The second-order valence-electron chi connectivity index (χ2n) is 5.51. The van der Waals surface area contributed by atoms with Gasteiger partial charge in [0.1, 0.15) is 5.52 Å². The maximum Gasteiger partial charge on any atom is 0.152 e. The summed E-state index contributed by atoms with van der Waals surface area (Å²) in [6.45, 7) is 5.36. The zero-order valence-corrected chi connectivity index (χ0v) is 11.1. The van der Waals surface area contributed by atoms with Crippen LogP contribution in [0.1, 0.15) is 44.7 Å². The normalized spacial score (nSPS) is 16.2. The molecule has 1 saturated carbocycles. The van der Waals surface area contributed by atoms with Crippen molar-refractivity contribution in [2.75, 3.05) is 11.9 Å². The summed E-state index contributed by atoms with van der Waals surface area (Å²) in [6.07, 6.45) is 7.82. The first kappa shape index (κ1) is 11.5. The van der Waals surface area contributed by atoms with Gasteiger partial charge in [-0.2, -0.15) is 5.10 Å². The molecular weight excluding hydrogens is 224 g/mol. The largest absolute Gasteiger partial charge is 0.368 e. The van der Waals surface area contributed by atoms with Crippen molar-refractivity contribution >= 4 is 11.3 Å². The van der Waals surface area contributed by atoms with Gasteiger partial charge in [-0.25, -0.2) is 9.50 Å². The molecule has 18 heavy (non-hydrogen) atoms. The Bertz CT molecular complexity index is 540. The molecule has 4 heteroatoms. The predicted octanol–water partition coefficient (Wildman–Crippen LogP) is 3.06. The number of fused-ring (bicyclic) bond motifs is 1. The zero-order valence-electron chi connectivity index (χ0n) is 11.1. The van der Waals surface area contributed by atoms with Gasteiger partial charge >= 0.3 is 0 Å². The van der Waals surface area contributed by atoms with Crippen molar-refractivity contribution in [3.63, 3.8) is 0 Å². The first-order valence-electron chi connectivity index (χ1n) is 6.82. The van der Waals surface area contributed by atoms with Gasteiger partial charge in [-0.05, 0) is 30.7 Å². The molecule has 2 aromatic heterocycles. The third-order valence-electron chi connectivity index (χ3n) is 3.78. The lowest BCUT2D eigenvalue weighted by atomic mass is 9.85. The molecule has 0 atom stereocenters. The maximum atomic E-state index is 4.57. The molecule has 1 N–H and O–H groups in total. The van der Waals surface area contributed by atoms with Crippen LogP contribution in [0.4, 0.5) is 5.82 Å². The number of nitrogens with one attached hydrogen (secondary N) is 1. The molecule has 1 fully saturated rings. The lowest BCUT2D eigenvalue weighted by Crippen LogP contribution is -2.21. The van der Waals surface area contributed by atoms with Crippen molar-refractivity contribution in [1.29, 1.82) is 0 Å². The molecule has 4 nitrogen and oxygen atoms in total. The molecule has 2 heterocycles. The molecule has 0 saturated heterocycles. The van der Waals surface area contributed by atoms with Crippen LogP contribution in [-0.2, 0) is 0 Å². The highest BCUT2D eigenvalue weighted by Gasteiger charge is 2.17. The minimum absolute atomic E-state index is 0.449. The summed E-state index contributed by atoms with van der Waals surface area (Å²) >= 11 is 0. The first-order chi connectivity index (χ1) is 8.74. The summed E-state index contributed by atoms with van der Waals surface area (Å²) in [5, 5.41) is 8.04. The van der Waals surface area contributed by atoms with E-state index in [1.54, 1.807) is 0 Å². The molecule has 0 spiro atoms. The van der Waals surface area contributed by atoms with Gasteiger partial charge in [-0.1, -0.05) is 20.3 Å². The Labute approximate surface area is 107 Å². The molecule has 1 aliphatic carbocycles. The Morgan fingerprint density at radius 1 is 1.44 bits per heavy atom. The van der Waals surface area contributed by atoms with E-state index in [9.17, 15) is 0 Å². The molecule has 2 aromatic rings. The maximum absolute atomic E-state index is 4.57. The molecule has 0 aromatic carbocycles. The van der Waals surface area contributed by atoms with E-state index in [1.807, 2.05) is 16.9 Å². The monoisotopic (exact) mass is 244 g/mol. The van der Waals surface area contributed by atoms with Gasteiger partial charge in [0.25, 0.3) is 0 Å². The third kappa shape index (κ3) is 2.07. The van der Waals surface area contributed by atoms with Crippen molar-refractivity contribution < 1.29 is 0 Å². The fourth-order valence-electron chi connectivity index (χ4n) is 2.30. The van der Waals surface area contributed by atoms with E-state index >= 15 is 0 Å². The average Bonchev–Trinajstić information content (AvgIpc) is 2.71. The van der Waals surface area contributed by atoms with Crippen LogP contribution in [0, 0.1) is 5.92 Å². The van der Waals surface area contributed by atoms with Crippen LogP contribution in [-0.4, -0.2) is 21.1 Å².